The van der Waals surface area contributed by atoms with Crippen LogP contribution >= 0.6 is 11.3 Å². The van der Waals surface area contributed by atoms with Crippen LogP contribution in [-0.2, 0) is 19.1 Å². The Balaban J connectivity index is 1.77. The number of ether oxygens (including phenoxy) is 2. The lowest BCUT2D eigenvalue weighted by atomic mass is 9.72. The molecule has 1 aromatic heterocycles. The molecule has 2 heterocycles. The molecule has 4 rings (SSSR count). The van der Waals surface area contributed by atoms with Crippen LogP contribution in [0.15, 0.2) is 64.3 Å². The molecule has 162 valence electrons. The average molecular weight is 442 g/mol. The number of ketones is 1. The molecule has 1 aliphatic heterocycles. The molecule has 0 bridgehead atoms. The number of allylic oxidation sites excluding steroid dienone is 3. The quantitative estimate of drug-likeness (QED) is 0.530. The van der Waals surface area contributed by atoms with Crippen molar-refractivity contribution in [2.75, 3.05) is 20.3 Å². The number of carbonyl (C=O) groups is 2. The van der Waals surface area contributed by atoms with E-state index in [9.17, 15) is 14.0 Å². The van der Waals surface area contributed by atoms with Crippen LogP contribution in [0.1, 0.15) is 42.0 Å². The number of thiophene rings is 1. The van der Waals surface area contributed by atoms with Crippen molar-refractivity contribution in [2.24, 2.45) is 0 Å². The van der Waals surface area contributed by atoms with Crippen LogP contribution in [0.3, 0.4) is 0 Å². The Morgan fingerprint density at radius 2 is 2.00 bits per heavy atom. The first-order chi connectivity index (χ1) is 15.0. The molecule has 0 fully saturated rings. The summed E-state index contributed by atoms with van der Waals surface area (Å²) in [4.78, 5) is 27.5. The zero-order valence-corrected chi connectivity index (χ0v) is 18.3. The van der Waals surface area contributed by atoms with E-state index in [0.29, 0.717) is 29.7 Å². The molecule has 2 atom stereocenters. The summed E-state index contributed by atoms with van der Waals surface area (Å²) in [7, 11) is 1.52. The van der Waals surface area contributed by atoms with E-state index >= 15 is 0 Å². The first kappa shape index (κ1) is 21.5. The lowest BCUT2D eigenvalue weighted by Crippen LogP contribution is -2.36. The van der Waals surface area contributed by atoms with E-state index in [1.165, 1.54) is 13.2 Å². The Morgan fingerprint density at radius 1 is 1.19 bits per heavy atom. The number of halogens is 1. The summed E-state index contributed by atoms with van der Waals surface area (Å²) in [5, 5.41) is 5.27. The summed E-state index contributed by atoms with van der Waals surface area (Å²) in [6.07, 6.45) is 0.965. The summed E-state index contributed by atoms with van der Waals surface area (Å²) < 4.78 is 25.2. The molecular formula is C24H24FNO4S. The second kappa shape index (κ2) is 9.16. The number of Topliss-reactive ketones (excluding diaryl/α,β-unsaturated/α-hetero) is 1. The molecule has 0 radical (unpaired) electrons. The molecule has 1 N–H and O–H groups in total. The number of rotatable bonds is 6. The standard InChI is InChI=1S/C24H24FNO4S/c1-14-21(24(28)30-10-9-29-2)22(16-6-3-4-7-17(16)25)23-18(26-14)12-15(13-19(23)27)20-8-5-11-31-20/h3-8,11,15,22,26H,9-10,12-13H2,1-2H3. The van der Waals surface area contributed by atoms with Gasteiger partial charge >= 0.3 is 5.97 Å². The van der Waals surface area contributed by atoms with Crippen LogP contribution in [0, 0.1) is 5.82 Å². The topological polar surface area (TPSA) is 64.6 Å². The maximum Gasteiger partial charge on any atom is 0.336 e. The predicted molar refractivity (Wildman–Crippen MR) is 116 cm³/mol. The number of nitrogens with one attached hydrogen (secondary N) is 1. The van der Waals surface area contributed by atoms with Gasteiger partial charge in [-0.05, 0) is 30.9 Å². The van der Waals surface area contributed by atoms with Gasteiger partial charge in [0.25, 0.3) is 0 Å². The van der Waals surface area contributed by atoms with E-state index < -0.39 is 17.7 Å². The highest BCUT2D eigenvalue weighted by Gasteiger charge is 2.42. The number of esters is 1. The largest absolute Gasteiger partial charge is 0.460 e. The Labute approximate surface area is 184 Å². The molecule has 5 nitrogen and oxygen atoms in total. The van der Waals surface area contributed by atoms with Crippen LogP contribution in [-0.4, -0.2) is 32.1 Å². The highest BCUT2D eigenvalue weighted by atomic mass is 32.1. The highest BCUT2D eigenvalue weighted by molar-refractivity contribution is 7.10. The predicted octanol–water partition coefficient (Wildman–Crippen LogP) is 4.44. The van der Waals surface area contributed by atoms with Crippen LogP contribution in [0.4, 0.5) is 4.39 Å². The maximum atomic E-state index is 14.9. The first-order valence-electron chi connectivity index (χ1n) is 10.2. The fraction of sp³-hybridized carbons (Fsp3) is 0.333. The number of hydrogen-bond acceptors (Lipinski definition) is 6. The molecule has 0 saturated carbocycles. The van der Waals surface area contributed by atoms with Gasteiger partial charge in [-0.25, -0.2) is 9.18 Å². The molecule has 1 aliphatic carbocycles. The van der Waals surface area contributed by atoms with Gasteiger partial charge in [0.2, 0.25) is 0 Å². The fourth-order valence-corrected chi connectivity index (χ4v) is 5.18. The van der Waals surface area contributed by atoms with Crippen LogP contribution in [0.25, 0.3) is 0 Å². The maximum absolute atomic E-state index is 14.9. The van der Waals surface area contributed by atoms with Gasteiger partial charge < -0.3 is 14.8 Å². The van der Waals surface area contributed by atoms with E-state index in [0.717, 1.165) is 10.6 Å². The summed E-state index contributed by atoms with van der Waals surface area (Å²) >= 11 is 1.63. The summed E-state index contributed by atoms with van der Waals surface area (Å²) in [6, 6.07) is 10.3. The molecule has 0 amide bonds. The summed E-state index contributed by atoms with van der Waals surface area (Å²) in [5.41, 5.74) is 2.37. The minimum atomic E-state index is -0.802. The van der Waals surface area contributed by atoms with Crippen molar-refractivity contribution in [1.29, 1.82) is 0 Å². The third kappa shape index (κ3) is 4.20. The van der Waals surface area contributed by atoms with Crippen molar-refractivity contribution in [2.45, 2.75) is 31.6 Å². The molecule has 2 aromatic rings. The van der Waals surface area contributed by atoms with E-state index in [1.54, 1.807) is 36.5 Å². The molecule has 0 saturated heterocycles. The van der Waals surface area contributed by atoms with Crippen molar-refractivity contribution >= 4 is 23.1 Å². The second-order valence-electron chi connectivity index (χ2n) is 7.68. The average Bonchev–Trinajstić information content (AvgIpc) is 3.28. The summed E-state index contributed by atoms with van der Waals surface area (Å²) in [5.74, 6) is -1.83. The molecule has 2 aliphatic rings. The van der Waals surface area contributed by atoms with Crippen molar-refractivity contribution < 1.29 is 23.5 Å². The van der Waals surface area contributed by atoms with Crippen molar-refractivity contribution in [3.05, 3.63) is 80.6 Å². The van der Waals surface area contributed by atoms with Gasteiger partial charge in [0.1, 0.15) is 12.4 Å². The Hall–Kier alpha value is -2.77. The van der Waals surface area contributed by atoms with Crippen LogP contribution in [0.2, 0.25) is 0 Å². The molecule has 2 unspecified atom stereocenters. The number of methoxy groups -OCH3 is 1. The van der Waals surface area contributed by atoms with Gasteiger partial charge in [-0.1, -0.05) is 24.3 Å². The smallest absolute Gasteiger partial charge is 0.336 e. The minimum absolute atomic E-state index is 0.0722. The van der Waals surface area contributed by atoms with E-state index in [1.807, 2.05) is 17.5 Å². The number of hydrogen-bond donors (Lipinski definition) is 1. The van der Waals surface area contributed by atoms with Gasteiger partial charge in [-0.2, -0.15) is 0 Å². The Kier molecular flexibility index (Phi) is 6.34. The molecule has 1 aromatic carbocycles. The van der Waals surface area contributed by atoms with Gasteiger partial charge in [0.15, 0.2) is 5.78 Å². The van der Waals surface area contributed by atoms with E-state index in [4.69, 9.17) is 9.47 Å². The molecular weight excluding hydrogens is 417 g/mol. The third-order valence-electron chi connectivity index (χ3n) is 5.73. The first-order valence-corrected chi connectivity index (χ1v) is 11.1. The molecule has 0 spiro atoms. The van der Waals surface area contributed by atoms with Crippen LogP contribution in [0.5, 0.6) is 0 Å². The van der Waals surface area contributed by atoms with Crippen molar-refractivity contribution in [3.63, 3.8) is 0 Å². The number of dihydropyridines is 1. The second-order valence-corrected chi connectivity index (χ2v) is 8.66. The molecule has 7 heteroatoms. The van der Waals surface area contributed by atoms with Crippen molar-refractivity contribution in [1.82, 2.24) is 5.32 Å². The monoisotopic (exact) mass is 441 g/mol. The van der Waals surface area contributed by atoms with Gasteiger partial charge in [0, 0.05) is 46.9 Å². The van der Waals surface area contributed by atoms with Crippen LogP contribution < -0.4 is 5.32 Å². The summed E-state index contributed by atoms with van der Waals surface area (Å²) in [6.45, 7) is 2.10. The minimum Gasteiger partial charge on any atom is -0.460 e. The normalized spacial score (nSPS) is 21.1. The van der Waals surface area contributed by atoms with E-state index in [-0.39, 0.29) is 30.5 Å². The lowest BCUT2D eigenvalue weighted by Gasteiger charge is -2.36. The Morgan fingerprint density at radius 3 is 2.71 bits per heavy atom. The number of carbonyl (C=O) groups excluding carboxylic acids is 2. The zero-order chi connectivity index (χ0) is 22.0. The third-order valence-corrected chi connectivity index (χ3v) is 6.76. The van der Waals surface area contributed by atoms with Gasteiger partial charge in [0.05, 0.1) is 18.1 Å². The highest BCUT2D eigenvalue weighted by Crippen LogP contribution is 2.46. The SMILES string of the molecule is COCCOC(=O)C1=C(C)NC2=C(C(=O)CC(c3cccs3)C2)C1c1ccccc1F. The zero-order valence-electron chi connectivity index (χ0n) is 17.4. The van der Waals surface area contributed by atoms with Gasteiger partial charge in [-0.15, -0.1) is 11.3 Å². The fourth-order valence-electron chi connectivity index (χ4n) is 4.35. The number of benzene rings is 1. The van der Waals surface area contributed by atoms with Crippen molar-refractivity contribution in [3.8, 4) is 0 Å². The van der Waals surface area contributed by atoms with Gasteiger partial charge in [-0.3, -0.25) is 4.79 Å². The molecule has 31 heavy (non-hydrogen) atoms. The Bertz CT molecular complexity index is 1060. The lowest BCUT2D eigenvalue weighted by molar-refractivity contribution is -0.140. The van der Waals surface area contributed by atoms with E-state index in [2.05, 4.69) is 5.32 Å².